The number of amides is 1. The van der Waals surface area contributed by atoms with E-state index < -0.39 is 5.91 Å². The van der Waals surface area contributed by atoms with Crippen molar-refractivity contribution >= 4 is 45.9 Å². The number of aliphatic imine (C=N–C) groups is 1. The van der Waals surface area contributed by atoms with E-state index in [2.05, 4.69) is 16.2 Å². The van der Waals surface area contributed by atoms with Gasteiger partial charge < -0.3 is 10.4 Å². The monoisotopic (exact) mass is 416 g/mol. The van der Waals surface area contributed by atoms with E-state index in [1.165, 1.54) is 6.21 Å². The molecule has 0 aromatic heterocycles. The number of nitrogens with zero attached hydrogens (tertiary/aromatic N) is 1. The number of terminal acetylenes is 1. The summed E-state index contributed by atoms with van der Waals surface area (Å²) in [6.45, 7) is 2.43. The van der Waals surface area contributed by atoms with Gasteiger partial charge in [0.25, 0.3) is 5.91 Å². The Bertz CT molecular complexity index is 1170. The zero-order valence-electron chi connectivity index (χ0n) is 16.5. The number of aliphatic hydroxyl groups excluding tert-OH is 1. The second-order valence-electron chi connectivity index (χ2n) is 6.61. The lowest BCUT2D eigenvalue weighted by atomic mass is 10.0. The highest BCUT2D eigenvalue weighted by Crippen LogP contribution is 2.32. The van der Waals surface area contributed by atoms with Crippen LogP contribution >= 0.6 is 11.6 Å². The fraction of sp³-hybridized carbons (Fsp3) is 0.120. The van der Waals surface area contributed by atoms with Crippen molar-refractivity contribution in [3.63, 3.8) is 0 Å². The molecule has 3 aromatic carbocycles. The molecular formula is C25H21ClN2O2. The van der Waals surface area contributed by atoms with E-state index in [9.17, 15) is 9.90 Å². The van der Waals surface area contributed by atoms with Crippen molar-refractivity contribution in [1.29, 1.82) is 0 Å². The van der Waals surface area contributed by atoms with Crippen LogP contribution in [0.4, 0.5) is 5.69 Å². The van der Waals surface area contributed by atoms with Gasteiger partial charge in [-0.05, 0) is 47.5 Å². The molecule has 0 spiro atoms. The molecule has 0 heterocycles. The summed E-state index contributed by atoms with van der Waals surface area (Å²) in [5.74, 6) is 1.89. The van der Waals surface area contributed by atoms with Crippen molar-refractivity contribution < 1.29 is 9.90 Å². The van der Waals surface area contributed by atoms with Gasteiger partial charge in [-0.2, -0.15) is 0 Å². The third-order valence-corrected chi connectivity index (χ3v) is 4.84. The molecule has 0 aliphatic carbocycles. The van der Waals surface area contributed by atoms with Crippen LogP contribution in [-0.2, 0) is 4.79 Å². The van der Waals surface area contributed by atoms with E-state index in [-0.39, 0.29) is 11.3 Å². The maximum atomic E-state index is 12.8. The number of carbonyl (C=O) groups is 1. The maximum Gasteiger partial charge on any atom is 0.256 e. The number of hydrogen-bond acceptors (Lipinski definition) is 3. The summed E-state index contributed by atoms with van der Waals surface area (Å²) in [6.07, 6.45) is 7.49. The summed E-state index contributed by atoms with van der Waals surface area (Å²) in [6, 6.07) is 18.1. The minimum Gasteiger partial charge on any atom is -0.506 e. The number of nitrogens with one attached hydrogen (secondary N) is 1. The quantitative estimate of drug-likeness (QED) is 0.235. The van der Waals surface area contributed by atoms with Crippen molar-refractivity contribution in [1.82, 2.24) is 5.32 Å². The Morgan fingerprint density at radius 2 is 1.90 bits per heavy atom. The van der Waals surface area contributed by atoms with Crippen LogP contribution in [0.1, 0.15) is 24.5 Å². The predicted molar refractivity (Wildman–Crippen MR) is 124 cm³/mol. The first-order valence-corrected chi connectivity index (χ1v) is 9.92. The number of benzene rings is 3. The summed E-state index contributed by atoms with van der Waals surface area (Å²) in [5.41, 5.74) is 1.76. The number of carbonyl (C=O) groups excluding carboxylic acids is 1. The van der Waals surface area contributed by atoms with Gasteiger partial charge in [0.2, 0.25) is 0 Å². The van der Waals surface area contributed by atoms with Crippen LogP contribution in [0, 0.1) is 12.3 Å². The average Bonchev–Trinajstić information content (AvgIpc) is 2.78. The predicted octanol–water partition coefficient (Wildman–Crippen LogP) is 5.67. The molecule has 5 heteroatoms. The minimum atomic E-state index is -0.428. The highest BCUT2D eigenvalue weighted by atomic mass is 35.5. The van der Waals surface area contributed by atoms with Gasteiger partial charge in [-0.15, -0.1) is 6.42 Å². The molecule has 0 unspecified atom stereocenters. The first-order valence-electron chi connectivity index (χ1n) is 9.55. The summed E-state index contributed by atoms with van der Waals surface area (Å²) >= 11 is 6.41. The zero-order chi connectivity index (χ0) is 21.5. The van der Waals surface area contributed by atoms with E-state index >= 15 is 0 Å². The molecule has 3 rings (SSSR count). The lowest BCUT2D eigenvalue weighted by Gasteiger charge is -2.12. The van der Waals surface area contributed by atoms with Crippen LogP contribution in [0.3, 0.4) is 0 Å². The third-order valence-electron chi connectivity index (χ3n) is 4.53. The van der Waals surface area contributed by atoms with Crippen molar-refractivity contribution in [2.24, 2.45) is 4.99 Å². The highest BCUT2D eigenvalue weighted by molar-refractivity contribution is 6.34. The van der Waals surface area contributed by atoms with Crippen LogP contribution in [0.15, 0.2) is 71.2 Å². The van der Waals surface area contributed by atoms with Gasteiger partial charge in [-0.3, -0.25) is 9.79 Å². The van der Waals surface area contributed by atoms with Crippen LogP contribution < -0.4 is 5.32 Å². The van der Waals surface area contributed by atoms with E-state index in [0.717, 1.165) is 22.8 Å². The normalized spacial score (nSPS) is 11.9. The van der Waals surface area contributed by atoms with Gasteiger partial charge in [-0.1, -0.05) is 54.8 Å². The molecule has 0 fully saturated rings. The van der Waals surface area contributed by atoms with Crippen LogP contribution in [0.2, 0.25) is 5.02 Å². The largest absolute Gasteiger partial charge is 0.506 e. The van der Waals surface area contributed by atoms with Crippen molar-refractivity contribution in [3.8, 4) is 12.3 Å². The fourth-order valence-electron chi connectivity index (χ4n) is 2.96. The number of halogens is 1. The Labute approximate surface area is 180 Å². The summed E-state index contributed by atoms with van der Waals surface area (Å²) in [7, 11) is 0. The molecule has 0 atom stereocenters. The molecule has 0 saturated carbocycles. The van der Waals surface area contributed by atoms with E-state index in [0.29, 0.717) is 22.8 Å². The molecule has 0 aliphatic heterocycles. The zero-order valence-corrected chi connectivity index (χ0v) is 17.3. The van der Waals surface area contributed by atoms with Gasteiger partial charge in [0, 0.05) is 23.9 Å². The molecule has 0 radical (unpaired) electrons. The molecular weight excluding hydrogens is 396 g/mol. The van der Waals surface area contributed by atoms with E-state index in [1.807, 2.05) is 37.3 Å². The summed E-state index contributed by atoms with van der Waals surface area (Å²) in [4.78, 5) is 17.1. The first-order chi connectivity index (χ1) is 14.5. The third kappa shape index (κ3) is 4.71. The molecule has 1 amide bonds. The Hall–Kier alpha value is -3.55. The molecule has 4 nitrogen and oxygen atoms in total. The number of hydrogen-bond donors (Lipinski definition) is 2. The van der Waals surface area contributed by atoms with Crippen LogP contribution in [0.25, 0.3) is 16.5 Å². The second-order valence-corrected chi connectivity index (χ2v) is 7.02. The van der Waals surface area contributed by atoms with E-state index in [4.69, 9.17) is 18.0 Å². The van der Waals surface area contributed by atoms with Gasteiger partial charge in [-0.25, -0.2) is 0 Å². The van der Waals surface area contributed by atoms with E-state index in [1.54, 1.807) is 30.3 Å². The molecule has 2 N–H and O–H groups in total. The second kappa shape index (κ2) is 9.78. The maximum absolute atomic E-state index is 12.8. The Balaban J connectivity index is 2.12. The lowest BCUT2D eigenvalue weighted by Crippen LogP contribution is -2.27. The van der Waals surface area contributed by atoms with Crippen molar-refractivity contribution in [2.75, 3.05) is 6.54 Å². The molecule has 0 saturated heterocycles. The van der Waals surface area contributed by atoms with Gasteiger partial charge in [0.15, 0.2) is 0 Å². The van der Waals surface area contributed by atoms with Gasteiger partial charge in [0.1, 0.15) is 11.3 Å². The number of fused-ring (bicyclic) bond motifs is 1. The summed E-state index contributed by atoms with van der Waals surface area (Å²) < 4.78 is 0. The molecule has 0 aliphatic rings. The smallest absolute Gasteiger partial charge is 0.256 e. The molecule has 150 valence electrons. The van der Waals surface area contributed by atoms with Crippen LogP contribution in [-0.4, -0.2) is 23.8 Å². The fourth-order valence-corrected chi connectivity index (χ4v) is 3.22. The highest BCUT2D eigenvalue weighted by Gasteiger charge is 2.19. The number of rotatable bonds is 6. The standard InChI is InChI=1S/C25H21ClN2O2/c1-3-15-27-25(30)21(16-28-19-12-9-17(4-2)10-13-19)24(29)23-20-8-6-5-7-18(20)11-14-22(23)26/h2,5-14,16,29H,3,15H2,1H3,(H,27,30). The average molecular weight is 417 g/mol. The summed E-state index contributed by atoms with van der Waals surface area (Å²) in [5, 5.41) is 15.9. The Morgan fingerprint density at radius 1 is 1.17 bits per heavy atom. The molecule has 0 bridgehead atoms. The first kappa shape index (κ1) is 21.2. The molecule has 30 heavy (non-hydrogen) atoms. The minimum absolute atomic E-state index is 0.0303. The Morgan fingerprint density at radius 3 is 2.60 bits per heavy atom. The Kier molecular flexibility index (Phi) is 6.90. The van der Waals surface area contributed by atoms with Crippen molar-refractivity contribution in [2.45, 2.75) is 13.3 Å². The van der Waals surface area contributed by atoms with Gasteiger partial charge in [0.05, 0.1) is 10.7 Å². The van der Waals surface area contributed by atoms with Crippen LogP contribution in [0.5, 0.6) is 0 Å². The number of aliphatic hydroxyl groups is 1. The lowest BCUT2D eigenvalue weighted by molar-refractivity contribution is -0.116. The SMILES string of the molecule is C#Cc1ccc(N=CC(C(=O)NCCC)=C(O)c2c(Cl)ccc3ccccc23)cc1. The van der Waals surface area contributed by atoms with Gasteiger partial charge >= 0.3 is 0 Å². The molecule has 3 aromatic rings. The van der Waals surface area contributed by atoms with Crippen molar-refractivity contribution in [3.05, 3.63) is 82.4 Å². The topological polar surface area (TPSA) is 61.7 Å².